The minimum Gasteiger partial charge on any atom is -0.351 e. The average Bonchev–Trinajstić information content (AvgIpc) is 3.23. The van der Waals surface area contributed by atoms with E-state index in [1.165, 1.54) is 25.7 Å². The smallest absolute Gasteiger partial charge is 0.223 e. The van der Waals surface area contributed by atoms with E-state index in [-0.39, 0.29) is 11.5 Å². The maximum absolute atomic E-state index is 12.5. The van der Waals surface area contributed by atoms with Gasteiger partial charge in [0, 0.05) is 11.5 Å². The predicted octanol–water partition coefficient (Wildman–Crippen LogP) is 4.14. The fourth-order valence-electron chi connectivity index (χ4n) is 2.82. The van der Waals surface area contributed by atoms with Crippen molar-refractivity contribution in [2.45, 2.75) is 78.2 Å². The van der Waals surface area contributed by atoms with Gasteiger partial charge >= 0.3 is 0 Å². The minimum atomic E-state index is -0.0515. The molecule has 2 aliphatic rings. The molecule has 19 heavy (non-hydrogen) atoms. The van der Waals surface area contributed by atoms with Crippen molar-refractivity contribution in [3.05, 3.63) is 0 Å². The van der Waals surface area contributed by atoms with E-state index in [1.807, 2.05) is 0 Å². The van der Waals surface area contributed by atoms with Gasteiger partial charge in [-0.1, -0.05) is 26.7 Å². The molecule has 2 saturated carbocycles. The summed E-state index contributed by atoms with van der Waals surface area (Å²) in [6, 6.07) is 0. The molecule has 0 radical (unpaired) electrons. The van der Waals surface area contributed by atoms with Gasteiger partial charge in [-0.05, 0) is 63.7 Å². The van der Waals surface area contributed by atoms with Crippen LogP contribution in [0.5, 0.6) is 0 Å². The quantitative estimate of drug-likeness (QED) is 0.702. The van der Waals surface area contributed by atoms with Gasteiger partial charge in [-0.2, -0.15) is 0 Å². The highest BCUT2D eigenvalue weighted by atomic mass is 16.2. The first kappa shape index (κ1) is 14.9. The molecule has 0 aromatic heterocycles. The van der Waals surface area contributed by atoms with Crippen LogP contribution < -0.4 is 5.32 Å². The molecule has 2 nitrogen and oxygen atoms in total. The van der Waals surface area contributed by atoms with Crippen LogP contribution in [-0.2, 0) is 4.79 Å². The van der Waals surface area contributed by atoms with Crippen molar-refractivity contribution in [3.8, 4) is 0 Å². The molecule has 0 aliphatic heterocycles. The van der Waals surface area contributed by atoms with Gasteiger partial charge < -0.3 is 5.32 Å². The Bertz CT molecular complexity index is 319. The summed E-state index contributed by atoms with van der Waals surface area (Å²) in [7, 11) is 0. The molecule has 1 amide bonds. The van der Waals surface area contributed by atoms with Crippen LogP contribution in [0.1, 0.15) is 72.6 Å². The van der Waals surface area contributed by atoms with Crippen LogP contribution >= 0.6 is 0 Å². The molecule has 0 aromatic rings. The molecule has 0 spiro atoms. The molecular formula is C17H31NO. The molecule has 0 bridgehead atoms. The number of amides is 1. The zero-order chi connectivity index (χ0) is 14.0. The van der Waals surface area contributed by atoms with Gasteiger partial charge in [0.1, 0.15) is 0 Å². The summed E-state index contributed by atoms with van der Waals surface area (Å²) in [6.45, 7) is 8.71. The van der Waals surface area contributed by atoms with E-state index in [0.29, 0.717) is 5.91 Å². The number of hydrogen-bond acceptors (Lipinski definition) is 1. The lowest BCUT2D eigenvalue weighted by molar-refractivity contribution is -0.127. The van der Waals surface area contributed by atoms with E-state index >= 15 is 0 Å². The van der Waals surface area contributed by atoms with Crippen LogP contribution in [0.4, 0.5) is 0 Å². The third-order valence-electron chi connectivity index (χ3n) is 5.20. The van der Waals surface area contributed by atoms with Crippen LogP contribution in [0, 0.1) is 23.7 Å². The lowest BCUT2D eigenvalue weighted by Crippen LogP contribution is -2.45. The van der Waals surface area contributed by atoms with Crippen molar-refractivity contribution in [3.63, 3.8) is 0 Å². The first-order valence-electron chi connectivity index (χ1n) is 8.23. The first-order valence-corrected chi connectivity index (χ1v) is 8.23. The highest BCUT2D eigenvalue weighted by molar-refractivity contribution is 5.79. The standard InChI is InChI=1S/C17H31NO/c1-5-17(3,4)18-16(19)14(9-8-13-6-7-13)11-15-10-12(15)2/h12-15H,5-11H2,1-4H3,(H,18,19). The Morgan fingerprint density at radius 1 is 1.37 bits per heavy atom. The van der Waals surface area contributed by atoms with E-state index in [0.717, 1.165) is 37.0 Å². The second-order valence-electron chi connectivity index (χ2n) is 7.65. The molecule has 0 aromatic carbocycles. The van der Waals surface area contributed by atoms with Crippen LogP contribution in [-0.4, -0.2) is 11.4 Å². The fraction of sp³-hybridized carbons (Fsp3) is 0.941. The topological polar surface area (TPSA) is 29.1 Å². The van der Waals surface area contributed by atoms with Crippen molar-refractivity contribution in [2.75, 3.05) is 0 Å². The molecule has 2 heteroatoms. The van der Waals surface area contributed by atoms with E-state index in [1.54, 1.807) is 0 Å². The number of hydrogen-bond donors (Lipinski definition) is 1. The van der Waals surface area contributed by atoms with E-state index in [4.69, 9.17) is 0 Å². The SMILES string of the molecule is CCC(C)(C)NC(=O)C(CCC1CC1)CC1CC1C. The summed E-state index contributed by atoms with van der Waals surface area (Å²) in [5, 5.41) is 3.26. The second-order valence-corrected chi connectivity index (χ2v) is 7.65. The molecule has 3 unspecified atom stereocenters. The summed E-state index contributed by atoms with van der Waals surface area (Å²) >= 11 is 0. The van der Waals surface area contributed by atoms with Gasteiger partial charge in [0.25, 0.3) is 0 Å². The number of carbonyl (C=O) groups excluding carboxylic acids is 1. The molecule has 2 aliphatic carbocycles. The summed E-state index contributed by atoms with van der Waals surface area (Å²) in [5.74, 6) is 3.19. The van der Waals surface area contributed by atoms with Crippen molar-refractivity contribution < 1.29 is 4.79 Å². The maximum Gasteiger partial charge on any atom is 0.223 e. The normalized spacial score (nSPS) is 28.0. The monoisotopic (exact) mass is 265 g/mol. The van der Waals surface area contributed by atoms with Crippen molar-refractivity contribution in [1.29, 1.82) is 0 Å². The molecular weight excluding hydrogens is 234 g/mol. The Labute approximate surface area is 118 Å². The summed E-state index contributed by atoms with van der Waals surface area (Å²) in [5.41, 5.74) is -0.0515. The predicted molar refractivity (Wildman–Crippen MR) is 79.8 cm³/mol. The van der Waals surface area contributed by atoms with Gasteiger partial charge in [-0.3, -0.25) is 4.79 Å². The van der Waals surface area contributed by atoms with Gasteiger partial charge in [0.05, 0.1) is 0 Å². The summed E-state index contributed by atoms with van der Waals surface area (Å²) in [6.07, 6.45) is 8.63. The van der Waals surface area contributed by atoms with Crippen molar-refractivity contribution >= 4 is 5.91 Å². The molecule has 110 valence electrons. The summed E-state index contributed by atoms with van der Waals surface area (Å²) in [4.78, 5) is 12.5. The Morgan fingerprint density at radius 2 is 2.00 bits per heavy atom. The van der Waals surface area contributed by atoms with Crippen molar-refractivity contribution in [1.82, 2.24) is 5.32 Å². The maximum atomic E-state index is 12.5. The zero-order valence-corrected chi connectivity index (χ0v) is 13.2. The Balaban J connectivity index is 1.84. The number of rotatable bonds is 8. The van der Waals surface area contributed by atoms with Gasteiger partial charge in [0.15, 0.2) is 0 Å². The number of carbonyl (C=O) groups is 1. The fourth-order valence-corrected chi connectivity index (χ4v) is 2.82. The lowest BCUT2D eigenvalue weighted by atomic mass is 9.92. The number of nitrogens with one attached hydrogen (secondary N) is 1. The van der Waals surface area contributed by atoms with Crippen LogP contribution in [0.25, 0.3) is 0 Å². The molecule has 0 saturated heterocycles. The van der Waals surface area contributed by atoms with Gasteiger partial charge in [-0.15, -0.1) is 0 Å². The summed E-state index contributed by atoms with van der Waals surface area (Å²) < 4.78 is 0. The van der Waals surface area contributed by atoms with Crippen LogP contribution in [0.2, 0.25) is 0 Å². The Hall–Kier alpha value is -0.530. The molecule has 3 atom stereocenters. The zero-order valence-electron chi connectivity index (χ0n) is 13.2. The highest BCUT2D eigenvalue weighted by Crippen LogP contribution is 2.44. The third kappa shape index (κ3) is 4.81. The Kier molecular flexibility index (Phi) is 4.58. The van der Waals surface area contributed by atoms with E-state index in [2.05, 4.69) is 33.0 Å². The van der Waals surface area contributed by atoms with E-state index in [9.17, 15) is 4.79 Å². The third-order valence-corrected chi connectivity index (χ3v) is 5.20. The molecule has 1 N–H and O–H groups in total. The second kappa shape index (κ2) is 5.85. The van der Waals surface area contributed by atoms with Gasteiger partial charge in [0.2, 0.25) is 5.91 Å². The lowest BCUT2D eigenvalue weighted by Gasteiger charge is -2.28. The highest BCUT2D eigenvalue weighted by Gasteiger charge is 2.37. The van der Waals surface area contributed by atoms with Crippen LogP contribution in [0.3, 0.4) is 0 Å². The molecule has 0 heterocycles. The van der Waals surface area contributed by atoms with Gasteiger partial charge in [-0.25, -0.2) is 0 Å². The van der Waals surface area contributed by atoms with Crippen molar-refractivity contribution in [2.24, 2.45) is 23.7 Å². The molecule has 2 rings (SSSR count). The first-order chi connectivity index (χ1) is 8.91. The average molecular weight is 265 g/mol. The Morgan fingerprint density at radius 3 is 2.47 bits per heavy atom. The minimum absolute atomic E-state index is 0.0515. The molecule has 2 fully saturated rings. The van der Waals surface area contributed by atoms with Crippen LogP contribution in [0.15, 0.2) is 0 Å². The largest absolute Gasteiger partial charge is 0.351 e. The van der Waals surface area contributed by atoms with E-state index < -0.39 is 0 Å².